The van der Waals surface area contributed by atoms with Gasteiger partial charge in [-0.2, -0.15) is 0 Å². The zero-order valence-corrected chi connectivity index (χ0v) is 14.0. The Balaban J connectivity index is 1.88. The van der Waals surface area contributed by atoms with Crippen LogP contribution < -0.4 is 14.8 Å². The number of ether oxygens (including phenoxy) is 2. The summed E-state index contributed by atoms with van der Waals surface area (Å²) in [6.07, 6.45) is 0. The third kappa shape index (κ3) is 3.38. The number of benzene rings is 2. The number of fused-ring (bicyclic) bond motifs is 1. The molecular formula is C16H13ClN2O3S. The molecule has 0 saturated heterocycles. The average Bonchev–Trinajstić information content (AvgIpc) is 2.95. The number of nitrogens with one attached hydrogen (secondary N) is 1. The smallest absolute Gasteiger partial charge is 0.257 e. The van der Waals surface area contributed by atoms with Crippen molar-refractivity contribution in [3.63, 3.8) is 0 Å². The molecule has 0 aliphatic heterocycles. The molecule has 1 amide bonds. The summed E-state index contributed by atoms with van der Waals surface area (Å²) in [6.45, 7) is 0. The predicted molar refractivity (Wildman–Crippen MR) is 92.1 cm³/mol. The van der Waals surface area contributed by atoms with Gasteiger partial charge in [-0.05, 0) is 30.3 Å². The zero-order valence-electron chi connectivity index (χ0n) is 12.4. The fourth-order valence-electron chi connectivity index (χ4n) is 2.06. The van der Waals surface area contributed by atoms with Crippen LogP contribution in [0.5, 0.6) is 11.5 Å². The van der Waals surface area contributed by atoms with Gasteiger partial charge in [-0.25, -0.2) is 4.98 Å². The molecule has 1 N–H and O–H groups in total. The minimum absolute atomic E-state index is 0.285. The number of rotatable bonds is 4. The Morgan fingerprint density at radius 1 is 1.13 bits per heavy atom. The first-order chi connectivity index (χ1) is 11.1. The fraction of sp³-hybridized carbons (Fsp3) is 0.125. The van der Waals surface area contributed by atoms with E-state index in [1.807, 2.05) is 12.1 Å². The molecule has 23 heavy (non-hydrogen) atoms. The van der Waals surface area contributed by atoms with Crippen molar-refractivity contribution in [2.75, 3.05) is 19.5 Å². The number of thiazole rings is 1. The summed E-state index contributed by atoms with van der Waals surface area (Å²) in [5.74, 6) is 0.809. The van der Waals surface area contributed by atoms with Crippen LogP contribution in [0.25, 0.3) is 10.2 Å². The topological polar surface area (TPSA) is 60.5 Å². The molecule has 0 saturated carbocycles. The van der Waals surface area contributed by atoms with E-state index < -0.39 is 0 Å². The Morgan fingerprint density at radius 3 is 2.48 bits per heavy atom. The van der Waals surface area contributed by atoms with E-state index in [1.165, 1.54) is 25.6 Å². The van der Waals surface area contributed by atoms with Crippen molar-refractivity contribution in [1.82, 2.24) is 4.98 Å². The largest absolute Gasteiger partial charge is 0.497 e. The zero-order chi connectivity index (χ0) is 16.4. The van der Waals surface area contributed by atoms with Gasteiger partial charge in [-0.1, -0.05) is 22.9 Å². The maximum atomic E-state index is 12.4. The summed E-state index contributed by atoms with van der Waals surface area (Å²) in [5.41, 5.74) is 1.22. The number of carbonyl (C=O) groups is 1. The van der Waals surface area contributed by atoms with E-state index in [1.54, 1.807) is 24.3 Å². The highest BCUT2D eigenvalue weighted by Crippen LogP contribution is 2.29. The first-order valence-corrected chi connectivity index (χ1v) is 7.89. The molecule has 1 heterocycles. The normalized spacial score (nSPS) is 10.6. The fourth-order valence-corrected chi connectivity index (χ4v) is 3.20. The number of carbonyl (C=O) groups excluding carboxylic acids is 1. The lowest BCUT2D eigenvalue weighted by Gasteiger charge is -2.07. The molecule has 0 aliphatic rings. The van der Waals surface area contributed by atoms with E-state index in [4.69, 9.17) is 21.1 Å². The lowest BCUT2D eigenvalue weighted by Crippen LogP contribution is -2.12. The van der Waals surface area contributed by atoms with Crippen LogP contribution in [-0.2, 0) is 0 Å². The Labute approximate surface area is 141 Å². The van der Waals surface area contributed by atoms with Crippen LogP contribution >= 0.6 is 22.9 Å². The van der Waals surface area contributed by atoms with Gasteiger partial charge in [0.2, 0.25) is 0 Å². The van der Waals surface area contributed by atoms with Crippen LogP contribution in [0.1, 0.15) is 10.4 Å². The number of nitrogens with zero attached hydrogens (tertiary/aromatic N) is 1. The summed E-state index contributed by atoms with van der Waals surface area (Å²) < 4.78 is 11.3. The maximum Gasteiger partial charge on any atom is 0.257 e. The van der Waals surface area contributed by atoms with Gasteiger partial charge in [0, 0.05) is 16.7 Å². The van der Waals surface area contributed by atoms with Crippen LogP contribution in [0.2, 0.25) is 5.02 Å². The molecule has 5 nitrogen and oxygen atoms in total. The first kappa shape index (κ1) is 15.6. The van der Waals surface area contributed by atoms with Crippen molar-refractivity contribution in [3.8, 4) is 11.5 Å². The molecular weight excluding hydrogens is 336 g/mol. The highest BCUT2D eigenvalue weighted by Gasteiger charge is 2.13. The second-order valence-electron chi connectivity index (χ2n) is 4.69. The maximum absolute atomic E-state index is 12.4. The van der Waals surface area contributed by atoms with Gasteiger partial charge in [0.25, 0.3) is 5.91 Å². The third-order valence-corrected chi connectivity index (χ3v) is 4.35. The molecule has 7 heteroatoms. The Bertz CT molecular complexity index is 857. The monoisotopic (exact) mass is 348 g/mol. The second kappa shape index (κ2) is 6.44. The number of hydrogen-bond acceptors (Lipinski definition) is 5. The number of aromatic nitrogens is 1. The Hall–Kier alpha value is -2.31. The van der Waals surface area contributed by atoms with Crippen LogP contribution in [-0.4, -0.2) is 25.1 Å². The van der Waals surface area contributed by atoms with Crippen LogP contribution in [0, 0.1) is 0 Å². The summed E-state index contributed by atoms with van der Waals surface area (Å²) >= 11 is 7.32. The van der Waals surface area contributed by atoms with Gasteiger partial charge in [0.15, 0.2) is 5.13 Å². The van der Waals surface area contributed by atoms with E-state index in [-0.39, 0.29) is 5.91 Å². The molecule has 118 valence electrons. The van der Waals surface area contributed by atoms with Crippen LogP contribution in [0.3, 0.4) is 0 Å². The molecule has 2 aromatic carbocycles. The van der Waals surface area contributed by atoms with Gasteiger partial charge < -0.3 is 9.47 Å². The molecule has 0 aliphatic carbocycles. The minimum Gasteiger partial charge on any atom is -0.497 e. The van der Waals surface area contributed by atoms with Crippen molar-refractivity contribution >= 4 is 44.2 Å². The van der Waals surface area contributed by atoms with E-state index in [0.717, 1.165) is 10.2 Å². The molecule has 3 rings (SSSR count). The van der Waals surface area contributed by atoms with Gasteiger partial charge in [-0.15, -0.1) is 0 Å². The number of hydrogen-bond donors (Lipinski definition) is 1. The lowest BCUT2D eigenvalue weighted by atomic mass is 10.2. The standard InChI is InChI=1S/C16H13ClN2O3S/c1-21-11-5-9(6-12(8-11)22-2)15(20)19-16-18-13-4-3-10(17)7-14(13)23-16/h3-8H,1-2H3,(H,18,19,20). The molecule has 0 bridgehead atoms. The van der Waals surface area contributed by atoms with E-state index >= 15 is 0 Å². The number of amides is 1. The highest BCUT2D eigenvalue weighted by atomic mass is 35.5. The van der Waals surface area contributed by atoms with Crippen molar-refractivity contribution in [3.05, 3.63) is 47.0 Å². The minimum atomic E-state index is -0.285. The molecule has 0 fully saturated rings. The summed E-state index contributed by atoms with van der Waals surface area (Å²) in [7, 11) is 3.07. The van der Waals surface area contributed by atoms with Gasteiger partial charge in [0.05, 0.1) is 24.4 Å². The molecule has 0 radical (unpaired) electrons. The molecule has 0 atom stereocenters. The van der Waals surface area contributed by atoms with Gasteiger partial charge >= 0.3 is 0 Å². The van der Waals surface area contributed by atoms with E-state index in [9.17, 15) is 4.79 Å². The summed E-state index contributed by atoms with van der Waals surface area (Å²) in [4.78, 5) is 16.8. The van der Waals surface area contributed by atoms with Crippen LogP contribution in [0.4, 0.5) is 5.13 Å². The summed E-state index contributed by atoms with van der Waals surface area (Å²) in [5, 5.41) is 3.93. The summed E-state index contributed by atoms with van der Waals surface area (Å²) in [6, 6.07) is 10.4. The lowest BCUT2D eigenvalue weighted by molar-refractivity contribution is 0.102. The third-order valence-electron chi connectivity index (χ3n) is 3.18. The van der Waals surface area contributed by atoms with E-state index in [2.05, 4.69) is 10.3 Å². The van der Waals surface area contributed by atoms with Crippen molar-refractivity contribution < 1.29 is 14.3 Å². The second-order valence-corrected chi connectivity index (χ2v) is 6.15. The van der Waals surface area contributed by atoms with Gasteiger partial charge in [0.1, 0.15) is 11.5 Å². The SMILES string of the molecule is COc1cc(OC)cc(C(=O)Nc2nc3ccc(Cl)cc3s2)c1. The molecule has 0 spiro atoms. The number of methoxy groups -OCH3 is 2. The molecule has 3 aromatic rings. The predicted octanol–water partition coefficient (Wildman–Crippen LogP) is 4.22. The molecule has 1 aromatic heterocycles. The number of anilines is 1. The van der Waals surface area contributed by atoms with Crippen molar-refractivity contribution in [1.29, 1.82) is 0 Å². The quantitative estimate of drug-likeness (QED) is 0.766. The number of halogens is 1. The van der Waals surface area contributed by atoms with Crippen LogP contribution in [0.15, 0.2) is 36.4 Å². The highest BCUT2D eigenvalue weighted by molar-refractivity contribution is 7.22. The average molecular weight is 349 g/mol. The first-order valence-electron chi connectivity index (χ1n) is 6.69. The van der Waals surface area contributed by atoms with Crippen molar-refractivity contribution in [2.45, 2.75) is 0 Å². The Kier molecular flexibility index (Phi) is 4.36. The van der Waals surface area contributed by atoms with E-state index in [0.29, 0.717) is 27.2 Å². The Morgan fingerprint density at radius 2 is 1.83 bits per heavy atom. The van der Waals surface area contributed by atoms with Gasteiger partial charge in [-0.3, -0.25) is 10.1 Å². The van der Waals surface area contributed by atoms with Crippen molar-refractivity contribution in [2.24, 2.45) is 0 Å². The molecule has 0 unspecified atom stereocenters.